The average Bonchev–Trinajstić information content (AvgIpc) is 2.39. The van der Waals surface area contributed by atoms with Crippen molar-refractivity contribution >= 4 is 0 Å². The molecule has 0 radical (unpaired) electrons. The van der Waals surface area contributed by atoms with Crippen LogP contribution in [0.2, 0.25) is 0 Å². The molecule has 3 atom stereocenters. The van der Waals surface area contributed by atoms with E-state index in [0.29, 0.717) is 17.9 Å². The van der Waals surface area contributed by atoms with Gasteiger partial charge in [0.15, 0.2) is 11.6 Å². The van der Waals surface area contributed by atoms with Gasteiger partial charge < -0.3 is 5.32 Å². The van der Waals surface area contributed by atoms with Crippen LogP contribution < -0.4 is 5.32 Å². The third-order valence-corrected chi connectivity index (χ3v) is 4.63. The first-order chi connectivity index (χ1) is 9.51. The maximum Gasteiger partial charge on any atom is 0.162 e. The number of nitrogens with one attached hydrogen (secondary N) is 1. The van der Waals surface area contributed by atoms with Gasteiger partial charge in [0.1, 0.15) is 0 Å². The van der Waals surface area contributed by atoms with Gasteiger partial charge >= 0.3 is 0 Å². The summed E-state index contributed by atoms with van der Waals surface area (Å²) in [7, 11) is 1.92. The fraction of sp³-hybridized carbons (Fsp3) is 0.647. The average molecular weight is 281 g/mol. The van der Waals surface area contributed by atoms with Crippen LogP contribution in [-0.2, 0) is 6.42 Å². The van der Waals surface area contributed by atoms with Crippen molar-refractivity contribution in [3.63, 3.8) is 0 Å². The van der Waals surface area contributed by atoms with Crippen LogP contribution in [0.15, 0.2) is 18.2 Å². The third kappa shape index (κ3) is 3.57. The van der Waals surface area contributed by atoms with Crippen molar-refractivity contribution in [1.82, 2.24) is 5.32 Å². The van der Waals surface area contributed by atoms with E-state index in [1.165, 1.54) is 25.3 Å². The second kappa shape index (κ2) is 6.66. The third-order valence-electron chi connectivity index (χ3n) is 4.63. The molecule has 1 aromatic carbocycles. The first-order valence-corrected chi connectivity index (χ1v) is 7.61. The zero-order valence-corrected chi connectivity index (χ0v) is 12.6. The lowest BCUT2D eigenvalue weighted by molar-refractivity contribution is 0.179. The Morgan fingerprint density at radius 2 is 1.80 bits per heavy atom. The number of hydrogen-bond acceptors (Lipinski definition) is 1. The van der Waals surface area contributed by atoms with Crippen LogP contribution in [0.25, 0.3) is 0 Å². The molecule has 0 aromatic heterocycles. The molecular weight excluding hydrogens is 256 g/mol. The molecule has 1 nitrogen and oxygen atoms in total. The Balaban J connectivity index is 2.10. The summed E-state index contributed by atoms with van der Waals surface area (Å²) in [5.74, 6) is 0.544. The summed E-state index contributed by atoms with van der Waals surface area (Å²) in [5, 5.41) is 3.32. The van der Waals surface area contributed by atoms with Crippen molar-refractivity contribution in [3.05, 3.63) is 35.4 Å². The topological polar surface area (TPSA) is 12.0 Å². The molecule has 0 spiro atoms. The molecule has 1 aromatic rings. The number of likely N-dealkylation sites (N-methyl/N-ethyl adjacent to an activating group) is 1. The standard InChI is InChI=1S/C17H25F2N/c1-11-7-12(2)9-14(8-11)16(20-3)10-13-5-4-6-15(18)17(13)19/h4-6,11-12,14,16,20H,7-10H2,1-3H3. The van der Waals surface area contributed by atoms with Gasteiger partial charge in [-0.3, -0.25) is 0 Å². The van der Waals surface area contributed by atoms with Crippen molar-refractivity contribution in [2.75, 3.05) is 7.05 Å². The summed E-state index contributed by atoms with van der Waals surface area (Å²) in [6, 6.07) is 4.68. The molecule has 0 aliphatic heterocycles. The highest BCUT2D eigenvalue weighted by Gasteiger charge is 2.29. The highest BCUT2D eigenvalue weighted by molar-refractivity contribution is 5.20. The quantitative estimate of drug-likeness (QED) is 0.873. The van der Waals surface area contributed by atoms with E-state index in [0.717, 1.165) is 11.8 Å². The summed E-state index contributed by atoms with van der Waals surface area (Å²) in [4.78, 5) is 0. The molecule has 1 aliphatic rings. The minimum Gasteiger partial charge on any atom is -0.316 e. The second-order valence-electron chi connectivity index (χ2n) is 6.49. The minimum atomic E-state index is -0.747. The van der Waals surface area contributed by atoms with Gasteiger partial charge in [-0.15, -0.1) is 0 Å². The molecule has 2 rings (SSSR count). The second-order valence-corrected chi connectivity index (χ2v) is 6.49. The Morgan fingerprint density at radius 3 is 2.40 bits per heavy atom. The van der Waals surface area contributed by atoms with Gasteiger partial charge in [0.05, 0.1) is 0 Å². The molecule has 1 saturated carbocycles. The zero-order chi connectivity index (χ0) is 14.7. The SMILES string of the molecule is CNC(Cc1cccc(F)c1F)C1CC(C)CC(C)C1. The Morgan fingerprint density at radius 1 is 1.15 bits per heavy atom. The van der Waals surface area contributed by atoms with Gasteiger partial charge in [-0.25, -0.2) is 8.78 Å². The van der Waals surface area contributed by atoms with Crippen molar-refractivity contribution in [2.45, 2.75) is 45.6 Å². The van der Waals surface area contributed by atoms with Crippen LogP contribution in [0, 0.1) is 29.4 Å². The number of rotatable bonds is 4. The van der Waals surface area contributed by atoms with E-state index in [4.69, 9.17) is 0 Å². The smallest absolute Gasteiger partial charge is 0.162 e. The molecule has 0 heterocycles. The molecule has 1 aliphatic carbocycles. The summed E-state index contributed by atoms with van der Waals surface area (Å²) < 4.78 is 27.1. The van der Waals surface area contributed by atoms with E-state index in [1.54, 1.807) is 12.1 Å². The van der Waals surface area contributed by atoms with Crippen LogP contribution in [0.4, 0.5) is 8.78 Å². The summed E-state index contributed by atoms with van der Waals surface area (Å²) in [6.07, 6.45) is 4.19. The Kier molecular flexibility index (Phi) is 5.14. The molecule has 0 amide bonds. The monoisotopic (exact) mass is 281 g/mol. The predicted molar refractivity (Wildman–Crippen MR) is 78.6 cm³/mol. The van der Waals surface area contributed by atoms with Crippen molar-refractivity contribution in [3.8, 4) is 0 Å². The molecule has 1 fully saturated rings. The van der Waals surface area contributed by atoms with Crippen LogP contribution >= 0.6 is 0 Å². The number of hydrogen-bond donors (Lipinski definition) is 1. The van der Waals surface area contributed by atoms with E-state index in [2.05, 4.69) is 19.2 Å². The number of halogens is 2. The fourth-order valence-electron chi connectivity index (χ4n) is 3.79. The van der Waals surface area contributed by atoms with Gasteiger partial charge in [0.25, 0.3) is 0 Å². The summed E-state index contributed by atoms with van der Waals surface area (Å²) in [5.41, 5.74) is 0.482. The lowest BCUT2D eigenvalue weighted by Gasteiger charge is -2.36. The Hall–Kier alpha value is -0.960. The lowest BCUT2D eigenvalue weighted by atomic mass is 9.72. The molecule has 1 N–H and O–H groups in total. The van der Waals surface area contributed by atoms with Crippen molar-refractivity contribution in [1.29, 1.82) is 0 Å². The molecular formula is C17H25F2N. The largest absolute Gasteiger partial charge is 0.316 e. The van der Waals surface area contributed by atoms with Gasteiger partial charge in [-0.05, 0) is 62.1 Å². The minimum absolute atomic E-state index is 0.219. The molecule has 3 heteroatoms. The Bertz CT molecular complexity index is 437. The van der Waals surface area contributed by atoms with Gasteiger partial charge in [-0.1, -0.05) is 26.0 Å². The van der Waals surface area contributed by atoms with Crippen LogP contribution in [0.5, 0.6) is 0 Å². The zero-order valence-electron chi connectivity index (χ0n) is 12.6. The highest BCUT2D eigenvalue weighted by Crippen LogP contribution is 2.35. The van der Waals surface area contributed by atoms with E-state index >= 15 is 0 Å². The van der Waals surface area contributed by atoms with Crippen LogP contribution in [-0.4, -0.2) is 13.1 Å². The predicted octanol–water partition coefficient (Wildman–Crippen LogP) is 4.17. The summed E-state index contributed by atoms with van der Waals surface area (Å²) >= 11 is 0. The Labute approximate surface area is 120 Å². The van der Waals surface area contributed by atoms with E-state index in [1.807, 2.05) is 7.05 Å². The highest BCUT2D eigenvalue weighted by atomic mass is 19.2. The summed E-state index contributed by atoms with van der Waals surface area (Å²) in [6.45, 7) is 4.58. The van der Waals surface area contributed by atoms with Gasteiger partial charge in [0, 0.05) is 6.04 Å². The molecule has 20 heavy (non-hydrogen) atoms. The number of benzene rings is 1. The van der Waals surface area contributed by atoms with E-state index in [9.17, 15) is 8.78 Å². The molecule has 0 saturated heterocycles. The molecule has 3 unspecified atom stereocenters. The first-order valence-electron chi connectivity index (χ1n) is 7.61. The lowest BCUT2D eigenvalue weighted by Crippen LogP contribution is -2.39. The van der Waals surface area contributed by atoms with Crippen molar-refractivity contribution < 1.29 is 8.78 Å². The van der Waals surface area contributed by atoms with Crippen LogP contribution in [0.1, 0.15) is 38.7 Å². The molecule has 0 bridgehead atoms. The maximum atomic E-state index is 13.8. The van der Waals surface area contributed by atoms with Gasteiger partial charge in [0.2, 0.25) is 0 Å². The normalized spacial score (nSPS) is 28.4. The van der Waals surface area contributed by atoms with E-state index in [-0.39, 0.29) is 6.04 Å². The van der Waals surface area contributed by atoms with E-state index < -0.39 is 11.6 Å². The fourth-order valence-corrected chi connectivity index (χ4v) is 3.79. The maximum absolute atomic E-state index is 13.8. The van der Waals surface area contributed by atoms with Gasteiger partial charge in [-0.2, -0.15) is 0 Å². The van der Waals surface area contributed by atoms with Crippen molar-refractivity contribution in [2.24, 2.45) is 17.8 Å². The first kappa shape index (κ1) is 15.4. The molecule has 112 valence electrons. The van der Waals surface area contributed by atoms with Crippen LogP contribution in [0.3, 0.4) is 0 Å².